The number of benzene rings is 1. The molecule has 5 nitrogen and oxygen atoms in total. The van der Waals surface area contributed by atoms with Gasteiger partial charge in [-0.2, -0.15) is 0 Å². The van der Waals surface area contributed by atoms with Gasteiger partial charge in [-0.05, 0) is 13.3 Å². The minimum atomic E-state index is -0.447. The lowest BCUT2D eigenvalue weighted by Crippen LogP contribution is -2.29. The van der Waals surface area contributed by atoms with E-state index in [0.29, 0.717) is 12.2 Å². The monoisotopic (exact) mass is 332 g/mol. The maximum Gasteiger partial charge on any atom is 0.312 e. The van der Waals surface area contributed by atoms with Crippen molar-refractivity contribution < 1.29 is 14.3 Å². The molecule has 0 radical (unpaired) electrons. The van der Waals surface area contributed by atoms with Gasteiger partial charge in [-0.1, -0.05) is 36.8 Å². The summed E-state index contributed by atoms with van der Waals surface area (Å²) >= 11 is 1.49. The molecular formula is C17H20N2O3S. The molecule has 1 aromatic carbocycles. The molecule has 6 heteroatoms. The van der Waals surface area contributed by atoms with Crippen molar-refractivity contribution in [2.45, 2.75) is 26.7 Å². The van der Waals surface area contributed by atoms with Gasteiger partial charge in [0.05, 0.1) is 12.1 Å². The maximum atomic E-state index is 11.7. The molecule has 0 saturated carbocycles. The number of ether oxygens (including phenoxy) is 1. The van der Waals surface area contributed by atoms with Crippen molar-refractivity contribution in [1.29, 1.82) is 0 Å². The van der Waals surface area contributed by atoms with Gasteiger partial charge in [-0.25, -0.2) is 4.98 Å². The van der Waals surface area contributed by atoms with Gasteiger partial charge in [0.25, 0.3) is 5.91 Å². The van der Waals surface area contributed by atoms with Crippen LogP contribution in [-0.2, 0) is 20.7 Å². The number of carbonyl (C=O) groups excluding carboxylic acids is 2. The molecule has 0 aliphatic carbocycles. The van der Waals surface area contributed by atoms with E-state index in [0.717, 1.165) is 17.0 Å². The maximum absolute atomic E-state index is 11.7. The van der Waals surface area contributed by atoms with Gasteiger partial charge in [0, 0.05) is 17.5 Å². The number of nitrogens with zero attached hydrogens (tertiary/aromatic N) is 1. The molecule has 1 heterocycles. The molecule has 0 bridgehead atoms. The van der Waals surface area contributed by atoms with Crippen molar-refractivity contribution in [3.05, 3.63) is 40.9 Å². The highest BCUT2D eigenvalue weighted by atomic mass is 32.1. The Balaban J connectivity index is 1.85. The van der Waals surface area contributed by atoms with E-state index >= 15 is 0 Å². The number of rotatable bonds is 7. The molecule has 0 aliphatic rings. The molecule has 122 valence electrons. The fourth-order valence-corrected chi connectivity index (χ4v) is 2.70. The number of thiazole rings is 1. The Morgan fingerprint density at radius 1 is 1.26 bits per heavy atom. The average molecular weight is 332 g/mol. The predicted octanol–water partition coefficient (Wildman–Crippen LogP) is 2.73. The lowest BCUT2D eigenvalue weighted by atomic mass is 10.2. The molecule has 23 heavy (non-hydrogen) atoms. The van der Waals surface area contributed by atoms with E-state index in [4.69, 9.17) is 4.74 Å². The Labute approximate surface area is 139 Å². The topological polar surface area (TPSA) is 68.3 Å². The molecule has 2 rings (SSSR count). The SMILES string of the molecule is CCCNC(=O)COC(=O)Cc1csc(-c2ccc(C)cc2)n1. The molecule has 1 amide bonds. The van der Waals surface area contributed by atoms with Gasteiger partial charge in [-0.3, -0.25) is 9.59 Å². The zero-order chi connectivity index (χ0) is 16.7. The van der Waals surface area contributed by atoms with Crippen LogP contribution in [0.2, 0.25) is 0 Å². The van der Waals surface area contributed by atoms with Crippen LogP contribution in [0, 0.1) is 6.92 Å². The van der Waals surface area contributed by atoms with E-state index in [1.54, 1.807) is 0 Å². The van der Waals surface area contributed by atoms with Gasteiger partial charge in [0.1, 0.15) is 5.01 Å². The van der Waals surface area contributed by atoms with Crippen molar-refractivity contribution >= 4 is 23.2 Å². The summed E-state index contributed by atoms with van der Waals surface area (Å²) in [6.07, 6.45) is 0.920. The van der Waals surface area contributed by atoms with E-state index in [2.05, 4.69) is 10.3 Å². The van der Waals surface area contributed by atoms with Crippen molar-refractivity contribution in [3.8, 4) is 10.6 Å². The van der Waals surface area contributed by atoms with Crippen LogP contribution < -0.4 is 5.32 Å². The summed E-state index contributed by atoms with van der Waals surface area (Å²) in [5.74, 6) is -0.726. The normalized spacial score (nSPS) is 10.3. The summed E-state index contributed by atoms with van der Waals surface area (Å²) in [6.45, 7) is 4.33. The third-order valence-corrected chi connectivity index (χ3v) is 4.05. The largest absolute Gasteiger partial charge is 0.455 e. The lowest BCUT2D eigenvalue weighted by Gasteiger charge is -2.04. The summed E-state index contributed by atoms with van der Waals surface area (Å²) in [7, 11) is 0. The van der Waals surface area contributed by atoms with Crippen LogP contribution in [0.1, 0.15) is 24.6 Å². The first kappa shape index (κ1) is 17.1. The Morgan fingerprint density at radius 3 is 2.70 bits per heavy atom. The predicted molar refractivity (Wildman–Crippen MR) is 90.3 cm³/mol. The molecule has 0 saturated heterocycles. The quantitative estimate of drug-likeness (QED) is 0.792. The first-order chi connectivity index (χ1) is 11.1. The van der Waals surface area contributed by atoms with Crippen molar-refractivity contribution in [1.82, 2.24) is 10.3 Å². The molecular weight excluding hydrogens is 312 g/mol. The van der Waals surface area contributed by atoms with Crippen molar-refractivity contribution in [2.24, 2.45) is 0 Å². The molecule has 0 fully saturated rings. The van der Waals surface area contributed by atoms with Gasteiger partial charge in [0.2, 0.25) is 0 Å². The van der Waals surface area contributed by atoms with E-state index in [1.165, 1.54) is 16.9 Å². The van der Waals surface area contributed by atoms with Crippen LogP contribution in [0.25, 0.3) is 10.6 Å². The van der Waals surface area contributed by atoms with E-state index in [1.807, 2.05) is 43.5 Å². The fourth-order valence-electron chi connectivity index (χ4n) is 1.88. The molecule has 0 unspecified atom stereocenters. The first-order valence-corrected chi connectivity index (χ1v) is 8.40. The zero-order valence-electron chi connectivity index (χ0n) is 13.3. The second-order valence-corrected chi connectivity index (χ2v) is 6.06. The molecule has 0 spiro atoms. The minimum absolute atomic E-state index is 0.0728. The van der Waals surface area contributed by atoms with E-state index < -0.39 is 5.97 Å². The summed E-state index contributed by atoms with van der Waals surface area (Å²) < 4.78 is 4.95. The van der Waals surface area contributed by atoms with Gasteiger partial charge in [0.15, 0.2) is 6.61 Å². The number of aryl methyl sites for hydroxylation is 1. The van der Waals surface area contributed by atoms with E-state index in [9.17, 15) is 9.59 Å². The highest BCUT2D eigenvalue weighted by Crippen LogP contribution is 2.24. The smallest absolute Gasteiger partial charge is 0.312 e. The van der Waals surface area contributed by atoms with Crippen LogP contribution >= 0.6 is 11.3 Å². The van der Waals surface area contributed by atoms with Crippen LogP contribution in [-0.4, -0.2) is 30.0 Å². The number of hydrogen-bond acceptors (Lipinski definition) is 5. The molecule has 1 aromatic heterocycles. The molecule has 2 aromatic rings. The van der Waals surface area contributed by atoms with Crippen LogP contribution in [0.4, 0.5) is 0 Å². The summed E-state index contributed by atoms with van der Waals surface area (Å²) in [6, 6.07) is 8.07. The zero-order valence-corrected chi connectivity index (χ0v) is 14.1. The fraction of sp³-hybridized carbons (Fsp3) is 0.353. The third-order valence-electron chi connectivity index (χ3n) is 3.11. The Kier molecular flexibility index (Phi) is 6.29. The van der Waals surface area contributed by atoms with Crippen molar-refractivity contribution in [2.75, 3.05) is 13.2 Å². The van der Waals surface area contributed by atoms with Crippen LogP contribution in [0.3, 0.4) is 0 Å². The Bertz CT molecular complexity index is 665. The number of nitrogens with one attached hydrogen (secondary N) is 1. The molecule has 0 aliphatic heterocycles. The van der Waals surface area contributed by atoms with Crippen LogP contribution in [0.15, 0.2) is 29.6 Å². The third kappa shape index (κ3) is 5.49. The summed E-state index contributed by atoms with van der Waals surface area (Å²) in [5, 5.41) is 5.36. The second-order valence-electron chi connectivity index (χ2n) is 5.20. The van der Waals surface area contributed by atoms with E-state index in [-0.39, 0.29) is 18.9 Å². The minimum Gasteiger partial charge on any atom is -0.455 e. The second kappa shape index (κ2) is 8.43. The number of aromatic nitrogens is 1. The summed E-state index contributed by atoms with van der Waals surface area (Å²) in [5.41, 5.74) is 2.87. The number of amides is 1. The van der Waals surface area contributed by atoms with Gasteiger partial charge < -0.3 is 10.1 Å². The highest BCUT2D eigenvalue weighted by molar-refractivity contribution is 7.13. The standard InChI is InChI=1S/C17H20N2O3S/c1-3-8-18-15(20)10-22-16(21)9-14-11-23-17(19-14)13-6-4-12(2)5-7-13/h4-7,11H,3,8-10H2,1-2H3,(H,18,20). The van der Waals surface area contributed by atoms with Gasteiger partial charge in [-0.15, -0.1) is 11.3 Å². The highest BCUT2D eigenvalue weighted by Gasteiger charge is 2.11. The number of hydrogen-bond donors (Lipinski definition) is 1. The van der Waals surface area contributed by atoms with Crippen LogP contribution in [0.5, 0.6) is 0 Å². The number of esters is 1. The molecule has 1 N–H and O–H groups in total. The Hall–Kier alpha value is -2.21. The summed E-state index contributed by atoms with van der Waals surface area (Å²) in [4.78, 5) is 27.6. The van der Waals surface area contributed by atoms with Crippen molar-refractivity contribution in [3.63, 3.8) is 0 Å². The average Bonchev–Trinajstić information content (AvgIpc) is 3.00. The lowest BCUT2D eigenvalue weighted by molar-refractivity contribution is -0.147. The Morgan fingerprint density at radius 2 is 2.00 bits per heavy atom. The number of carbonyl (C=O) groups is 2. The van der Waals surface area contributed by atoms with Gasteiger partial charge >= 0.3 is 5.97 Å². The molecule has 0 atom stereocenters. The first-order valence-electron chi connectivity index (χ1n) is 7.52.